The van der Waals surface area contributed by atoms with Gasteiger partial charge in [-0.15, -0.1) is 11.3 Å². The SMILES string of the molecule is [2H]C([2H])([2H])c1ccccc1-c1nc(B2OC(C)(C)C(C)(C)O2)cs1. The van der Waals surface area contributed by atoms with Crippen molar-refractivity contribution in [2.75, 3.05) is 0 Å². The largest absolute Gasteiger partial charge is 0.515 e. The van der Waals surface area contributed by atoms with Gasteiger partial charge in [-0.3, -0.25) is 0 Å². The fourth-order valence-corrected chi connectivity index (χ4v) is 3.01. The van der Waals surface area contributed by atoms with Crippen LogP contribution in [-0.4, -0.2) is 23.3 Å². The van der Waals surface area contributed by atoms with Gasteiger partial charge in [0.05, 0.1) is 16.8 Å². The molecule has 1 aromatic heterocycles. The molecule has 3 nitrogen and oxygen atoms in total. The Balaban J connectivity index is 1.94. The zero-order valence-corrected chi connectivity index (χ0v) is 13.5. The molecule has 0 amide bonds. The quantitative estimate of drug-likeness (QED) is 0.797. The molecular weight excluding hydrogens is 281 g/mol. The van der Waals surface area contributed by atoms with Gasteiger partial charge in [-0.25, -0.2) is 4.98 Å². The van der Waals surface area contributed by atoms with E-state index in [1.54, 1.807) is 18.2 Å². The van der Waals surface area contributed by atoms with Gasteiger partial charge in [0.2, 0.25) is 0 Å². The molecule has 1 aliphatic heterocycles. The van der Waals surface area contributed by atoms with E-state index in [0.717, 1.165) is 0 Å². The average molecular weight is 304 g/mol. The molecule has 1 saturated heterocycles. The maximum atomic E-state index is 7.70. The molecule has 0 N–H and O–H groups in total. The van der Waals surface area contributed by atoms with Gasteiger partial charge in [0.15, 0.2) is 0 Å². The van der Waals surface area contributed by atoms with E-state index in [2.05, 4.69) is 4.98 Å². The van der Waals surface area contributed by atoms with E-state index in [9.17, 15) is 0 Å². The van der Waals surface area contributed by atoms with Crippen molar-refractivity contribution in [2.45, 2.75) is 45.7 Å². The second-order valence-corrected chi connectivity index (χ2v) is 7.07. The van der Waals surface area contributed by atoms with Gasteiger partial charge >= 0.3 is 7.12 Å². The van der Waals surface area contributed by atoms with Crippen molar-refractivity contribution in [3.63, 3.8) is 0 Å². The van der Waals surface area contributed by atoms with Crippen LogP contribution in [0.3, 0.4) is 0 Å². The van der Waals surface area contributed by atoms with Crippen LogP contribution in [0.2, 0.25) is 0 Å². The summed E-state index contributed by atoms with van der Waals surface area (Å²) in [6.07, 6.45) is 0. The summed E-state index contributed by atoms with van der Waals surface area (Å²) in [5, 5.41) is 2.53. The van der Waals surface area contributed by atoms with Gasteiger partial charge in [0, 0.05) is 15.1 Å². The first-order chi connectivity index (χ1) is 11.0. The molecule has 21 heavy (non-hydrogen) atoms. The third-order valence-corrected chi connectivity index (χ3v) is 5.07. The van der Waals surface area contributed by atoms with Crippen molar-refractivity contribution in [2.24, 2.45) is 0 Å². The van der Waals surface area contributed by atoms with E-state index >= 15 is 0 Å². The maximum absolute atomic E-state index is 7.70. The van der Waals surface area contributed by atoms with Crippen LogP contribution in [0.1, 0.15) is 37.4 Å². The number of aromatic nitrogens is 1. The smallest absolute Gasteiger partial charge is 0.398 e. The van der Waals surface area contributed by atoms with Crippen molar-refractivity contribution in [1.82, 2.24) is 4.98 Å². The summed E-state index contributed by atoms with van der Waals surface area (Å²) in [5.41, 5.74) is 0.745. The fourth-order valence-electron chi connectivity index (χ4n) is 2.15. The Labute approximate surface area is 134 Å². The highest BCUT2D eigenvalue weighted by Gasteiger charge is 2.52. The zero-order chi connectivity index (χ0) is 17.8. The lowest BCUT2D eigenvalue weighted by molar-refractivity contribution is 0.00578. The fraction of sp³-hybridized carbons (Fsp3) is 0.438. The van der Waals surface area contributed by atoms with Gasteiger partial charge in [0.25, 0.3) is 0 Å². The predicted molar refractivity (Wildman–Crippen MR) is 88.0 cm³/mol. The van der Waals surface area contributed by atoms with Gasteiger partial charge in [-0.2, -0.15) is 0 Å². The molecule has 1 aromatic carbocycles. The topological polar surface area (TPSA) is 31.4 Å². The third kappa shape index (κ3) is 2.54. The second-order valence-electron chi connectivity index (χ2n) is 6.21. The molecule has 0 unspecified atom stereocenters. The Morgan fingerprint density at radius 1 is 1.14 bits per heavy atom. The van der Waals surface area contributed by atoms with Gasteiger partial charge < -0.3 is 9.31 Å². The number of aryl methyl sites for hydroxylation is 1. The van der Waals surface area contributed by atoms with Crippen molar-refractivity contribution in [1.29, 1.82) is 0 Å². The number of hydrogen-bond donors (Lipinski definition) is 0. The summed E-state index contributed by atoms with van der Waals surface area (Å²) in [6, 6.07) is 6.96. The molecule has 0 spiro atoms. The van der Waals surface area contributed by atoms with E-state index in [1.165, 1.54) is 11.3 Å². The summed E-state index contributed by atoms with van der Waals surface area (Å²) < 4.78 is 35.1. The van der Waals surface area contributed by atoms with Crippen molar-refractivity contribution >= 4 is 24.0 Å². The second kappa shape index (κ2) is 4.94. The lowest BCUT2D eigenvalue weighted by Gasteiger charge is -2.32. The van der Waals surface area contributed by atoms with Crippen molar-refractivity contribution in [3.05, 3.63) is 35.2 Å². The number of thiazole rings is 1. The summed E-state index contributed by atoms with van der Waals surface area (Å²) in [5.74, 6) is 0. The molecule has 1 aliphatic rings. The predicted octanol–water partition coefficient (Wildman–Crippen LogP) is 3.42. The van der Waals surface area contributed by atoms with Gasteiger partial charge in [0.1, 0.15) is 5.01 Å². The Hall–Kier alpha value is -1.17. The molecule has 0 radical (unpaired) electrons. The number of benzene rings is 1. The average Bonchev–Trinajstić information content (AvgIpc) is 3.01. The van der Waals surface area contributed by atoms with Gasteiger partial charge in [-0.1, -0.05) is 24.3 Å². The monoisotopic (exact) mass is 304 g/mol. The van der Waals surface area contributed by atoms with Crippen LogP contribution >= 0.6 is 11.3 Å². The Morgan fingerprint density at radius 2 is 1.81 bits per heavy atom. The highest BCUT2D eigenvalue weighted by atomic mass is 32.1. The molecule has 0 atom stereocenters. The minimum Gasteiger partial charge on any atom is -0.398 e. The van der Waals surface area contributed by atoms with E-state index in [4.69, 9.17) is 13.4 Å². The lowest BCUT2D eigenvalue weighted by Crippen LogP contribution is -2.41. The van der Waals surface area contributed by atoms with Crippen LogP contribution in [0.4, 0.5) is 0 Å². The Kier molecular flexibility index (Phi) is 2.68. The molecule has 2 heterocycles. The first-order valence-electron chi connectivity index (χ1n) is 8.42. The molecule has 1 fully saturated rings. The first kappa shape index (κ1) is 11.4. The van der Waals surface area contributed by atoms with Crippen LogP contribution in [0.15, 0.2) is 29.6 Å². The number of nitrogens with zero attached hydrogens (tertiary/aromatic N) is 1. The number of rotatable bonds is 2. The first-order valence-corrected chi connectivity index (χ1v) is 7.80. The van der Waals surface area contributed by atoms with Crippen molar-refractivity contribution in [3.8, 4) is 10.6 Å². The van der Waals surface area contributed by atoms with Crippen molar-refractivity contribution < 1.29 is 13.4 Å². The molecule has 5 heteroatoms. The molecule has 0 bridgehead atoms. The molecular formula is C16H20BNO2S. The highest BCUT2D eigenvalue weighted by molar-refractivity contribution is 7.14. The Morgan fingerprint density at radius 3 is 2.48 bits per heavy atom. The number of hydrogen-bond acceptors (Lipinski definition) is 4. The lowest BCUT2D eigenvalue weighted by atomic mass is 9.86. The molecule has 0 aliphatic carbocycles. The minimum absolute atomic E-state index is 0.305. The summed E-state index contributed by atoms with van der Waals surface area (Å²) in [4.78, 5) is 4.59. The standard InChI is InChI=1S/C16H20BNO2S/c1-11-8-6-7-9-12(11)14-18-13(10-21-14)17-19-15(2,3)16(4,5)20-17/h6-10H,1-5H3/i1D3. The molecule has 2 aromatic rings. The Bertz CT molecular complexity index is 742. The van der Waals surface area contributed by atoms with Crippen LogP contribution in [-0.2, 0) is 9.31 Å². The maximum Gasteiger partial charge on any atom is 0.515 e. The van der Waals surface area contributed by atoms with E-state index in [0.29, 0.717) is 21.7 Å². The van der Waals surface area contributed by atoms with Crippen LogP contribution in [0, 0.1) is 6.85 Å². The summed E-state index contributed by atoms with van der Waals surface area (Å²) in [6.45, 7) is 5.79. The van der Waals surface area contributed by atoms with E-state index < -0.39 is 25.2 Å². The summed E-state index contributed by atoms with van der Waals surface area (Å²) >= 11 is 1.40. The van der Waals surface area contributed by atoms with Gasteiger partial charge in [-0.05, 0) is 40.1 Å². The van der Waals surface area contributed by atoms with E-state index in [-0.39, 0.29) is 0 Å². The molecule has 0 saturated carbocycles. The molecule has 3 rings (SSSR count). The molecule has 110 valence electrons. The van der Waals surface area contributed by atoms with E-state index in [1.807, 2.05) is 39.1 Å². The van der Waals surface area contributed by atoms with Crippen LogP contribution in [0.25, 0.3) is 10.6 Å². The van der Waals surface area contributed by atoms with Crippen LogP contribution < -0.4 is 5.59 Å². The highest BCUT2D eigenvalue weighted by Crippen LogP contribution is 2.36. The minimum atomic E-state index is -2.17. The van der Waals surface area contributed by atoms with Crippen LogP contribution in [0.5, 0.6) is 0 Å². The zero-order valence-electron chi connectivity index (χ0n) is 15.6. The summed E-state index contributed by atoms with van der Waals surface area (Å²) in [7, 11) is -0.542. The third-order valence-electron chi connectivity index (χ3n) is 4.17. The normalized spacial score (nSPS) is 22.7.